The van der Waals surface area contributed by atoms with Crippen LogP contribution < -0.4 is 21.6 Å². The zero-order chi connectivity index (χ0) is 56.4. The molecule has 2 unspecified atom stereocenters. The molecule has 4 heterocycles. The van der Waals surface area contributed by atoms with Gasteiger partial charge in [-0.1, -0.05) is 43.9 Å². The maximum absolute atomic E-state index is 12.8. The minimum absolute atomic E-state index is 0.0350. The summed E-state index contributed by atoms with van der Waals surface area (Å²) in [6.45, 7) is 9.82. The monoisotopic (exact) mass is 1160 g/mol. The Morgan fingerprint density at radius 2 is 1.59 bits per heavy atom. The molecule has 3 aromatic rings. The van der Waals surface area contributed by atoms with E-state index in [1.165, 1.54) is 30.5 Å². The predicted octanol–water partition coefficient (Wildman–Crippen LogP) is 4.23. The Bertz CT molecular complexity index is 3420. The summed E-state index contributed by atoms with van der Waals surface area (Å²) < 4.78 is 123. The number of aliphatic hydroxyl groups is 1. The molecule has 5 atom stereocenters. The van der Waals surface area contributed by atoms with Crippen LogP contribution in [0.1, 0.15) is 89.6 Å². The highest BCUT2D eigenvalue weighted by molar-refractivity contribution is 7.86. The summed E-state index contributed by atoms with van der Waals surface area (Å²) in [5.41, 5.74) is 8.51. The quantitative estimate of drug-likeness (QED) is 0.0180. The number of unbranched alkanes of at least 4 members (excludes halogenated alkanes) is 2. The molecule has 414 valence electrons. The number of carbonyl (C=O) groups is 1. The van der Waals surface area contributed by atoms with Crippen molar-refractivity contribution >= 4 is 72.5 Å². The molecule has 1 saturated heterocycles. The fourth-order valence-corrected chi connectivity index (χ4v) is 13.0. The molecular formula is C45H58N6O20P3S2+. The normalized spacial score (nSPS) is 21.4. The van der Waals surface area contributed by atoms with E-state index >= 15 is 0 Å². The molecule has 3 aliphatic rings. The van der Waals surface area contributed by atoms with Crippen molar-refractivity contribution in [2.24, 2.45) is 0 Å². The van der Waals surface area contributed by atoms with Gasteiger partial charge < -0.3 is 45.4 Å². The fourth-order valence-electron chi connectivity index (χ4n) is 8.96. The third kappa shape index (κ3) is 14.6. The number of rotatable bonds is 21. The molecule has 31 heteroatoms. The second-order valence-corrected chi connectivity index (χ2v) is 25.8. The van der Waals surface area contributed by atoms with Crippen molar-refractivity contribution in [3.63, 3.8) is 0 Å². The highest BCUT2D eigenvalue weighted by Gasteiger charge is 2.46. The SMILES string of the molecule is CCN1/C(=C/C=C/C=C/C2=[N+](CCCCCC(=O)NCC#Cc3cn([C@H]4C[C@@H](O)[C@@H](COP(=O)(O)OP(=O)(O)OP(=O)(O)O)O4)c(=O)nc3N)c3ccc(S(=O)(=O)O)cc3C2(C)C)C(C)(C)c2cc(S(=O)(=O)O)ccc21. The Hall–Kier alpha value is -5.01. The lowest BCUT2D eigenvalue weighted by Gasteiger charge is -2.25. The summed E-state index contributed by atoms with van der Waals surface area (Å²) in [5, 5.41) is 13.2. The molecule has 6 rings (SSSR count). The van der Waals surface area contributed by atoms with Crippen LogP contribution in [0, 0.1) is 11.8 Å². The standard InChI is InChI=1S/C45H57N6O20P3S2/c1-6-49-34-20-18-30(75(62,63)64)24-32(34)44(2,3)38(49)15-9-7-10-16-39-45(4,5)33-25-31(76(65,66)67)19-21-35(33)50(39)23-12-8-11-17-40(53)47-22-13-14-29-27-51(43(54)48-42(29)46)41-26-36(52)37(69-41)28-68-73(58,59)71-74(60,61)70-72(55,56)57/h7,9-10,15-16,18-21,24-25,27,36-37,41,52H,6,8,11-12,17,22-23,26,28H2,1-5H3,(H8-,46,47,48,53,54,55,56,57,58,59,60,61,62,63,64,65,66,67)/p+1/t36-,37-,41-/m1/s1. The third-order valence-corrected chi connectivity index (χ3v) is 18.1. The summed E-state index contributed by atoms with van der Waals surface area (Å²) in [5.74, 6) is 4.85. The van der Waals surface area contributed by atoms with Gasteiger partial charge in [0.25, 0.3) is 20.2 Å². The summed E-state index contributed by atoms with van der Waals surface area (Å²) >= 11 is 0. The molecule has 76 heavy (non-hydrogen) atoms. The van der Waals surface area contributed by atoms with Gasteiger partial charge in [0.2, 0.25) is 11.6 Å². The topological polar surface area (TPSA) is 394 Å². The van der Waals surface area contributed by atoms with Crippen LogP contribution in [0.15, 0.2) is 93.3 Å². The molecule has 1 aromatic heterocycles. The maximum Gasteiger partial charge on any atom is 0.490 e. The van der Waals surface area contributed by atoms with Crippen LogP contribution >= 0.6 is 23.5 Å². The molecule has 0 aliphatic carbocycles. The molecule has 26 nitrogen and oxygen atoms in total. The van der Waals surface area contributed by atoms with Gasteiger partial charge in [-0.3, -0.25) is 23.0 Å². The van der Waals surface area contributed by atoms with E-state index in [1.807, 2.05) is 65.0 Å². The van der Waals surface area contributed by atoms with Gasteiger partial charge in [-0.05, 0) is 75.6 Å². The van der Waals surface area contributed by atoms with Gasteiger partial charge >= 0.3 is 29.2 Å². The van der Waals surface area contributed by atoms with E-state index in [9.17, 15) is 64.1 Å². The first-order valence-electron chi connectivity index (χ1n) is 23.1. The minimum atomic E-state index is -5.80. The third-order valence-electron chi connectivity index (χ3n) is 12.6. The Kier molecular flexibility index (Phi) is 18.3. The van der Waals surface area contributed by atoms with E-state index < -0.39 is 85.3 Å². The zero-order valence-electron chi connectivity index (χ0n) is 41.5. The van der Waals surface area contributed by atoms with Gasteiger partial charge in [0.05, 0.1) is 40.0 Å². The Morgan fingerprint density at radius 1 is 0.934 bits per heavy atom. The molecule has 3 aliphatic heterocycles. The van der Waals surface area contributed by atoms with E-state index in [1.54, 1.807) is 12.1 Å². The van der Waals surface area contributed by atoms with Crippen LogP contribution in [-0.4, -0.2) is 115 Å². The molecule has 0 spiro atoms. The average molecular weight is 1160 g/mol. The molecule has 0 bridgehead atoms. The molecule has 1 fully saturated rings. The number of likely N-dealkylation sites (N-methyl/N-ethyl adjacent to an activating group) is 1. The number of carbonyl (C=O) groups excluding carboxylic acids is 1. The van der Waals surface area contributed by atoms with Crippen molar-refractivity contribution in [3.05, 3.63) is 106 Å². The van der Waals surface area contributed by atoms with E-state index in [0.29, 0.717) is 37.9 Å². The number of phosphoric acid groups is 3. The maximum atomic E-state index is 12.8. The Balaban J connectivity index is 1.05. The molecule has 0 saturated carbocycles. The number of aromatic nitrogens is 2. The highest BCUT2D eigenvalue weighted by atomic mass is 32.2. The van der Waals surface area contributed by atoms with Crippen LogP contribution in [0.5, 0.6) is 0 Å². The first kappa shape index (κ1) is 60.2. The smallest absolute Gasteiger partial charge is 0.390 e. The van der Waals surface area contributed by atoms with Gasteiger partial charge in [-0.2, -0.15) is 35.0 Å². The number of hydrogen-bond donors (Lipinski definition) is 9. The number of amides is 1. The molecule has 2 aromatic carbocycles. The van der Waals surface area contributed by atoms with E-state index in [2.05, 4.69) is 44.8 Å². The van der Waals surface area contributed by atoms with Crippen molar-refractivity contribution in [1.82, 2.24) is 14.9 Å². The number of anilines is 2. The number of ether oxygens (including phenoxy) is 1. The van der Waals surface area contributed by atoms with Crippen molar-refractivity contribution in [2.45, 2.75) is 106 Å². The first-order valence-corrected chi connectivity index (χ1v) is 30.5. The number of fused-ring (bicyclic) bond motifs is 2. The van der Waals surface area contributed by atoms with Gasteiger partial charge in [0.1, 0.15) is 24.7 Å². The fraction of sp³-hybridized carbons (Fsp3) is 0.422. The van der Waals surface area contributed by atoms with E-state index in [-0.39, 0.29) is 46.5 Å². The Labute approximate surface area is 437 Å². The molecule has 1 amide bonds. The van der Waals surface area contributed by atoms with Crippen LogP contribution in [0.25, 0.3) is 0 Å². The number of nitrogens with zero attached hydrogens (tertiary/aromatic N) is 4. The van der Waals surface area contributed by atoms with Crippen LogP contribution in [0.2, 0.25) is 0 Å². The number of aliphatic hydroxyl groups excluding tert-OH is 1. The first-order chi connectivity index (χ1) is 35.1. The van der Waals surface area contributed by atoms with Crippen molar-refractivity contribution in [2.75, 3.05) is 36.9 Å². The van der Waals surface area contributed by atoms with Crippen LogP contribution in [0.3, 0.4) is 0 Å². The number of phosphoric ester groups is 1. The molecule has 10 N–H and O–H groups in total. The number of nitrogens with two attached hydrogens (primary N) is 1. The van der Waals surface area contributed by atoms with E-state index in [4.69, 9.17) is 20.3 Å². The molecular weight excluding hydrogens is 1100 g/mol. The molecule has 0 radical (unpaired) electrons. The second kappa shape index (κ2) is 23.1. The summed E-state index contributed by atoms with van der Waals surface area (Å²) in [7, 11) is -25.9. The van der Waals surface area contributed by atoms with Gasteiger partial charge in [-0.25, -0.2) is 18.5 Å². The zero-order valence-corrected chi connectivity index (χ0v) is 45.8. The highest BCUT2D eigenvalue weighted by Crippen LogP contribution is 2.66. The Morgan fingerprint density at radius 3 is 2.24 bits per heavy atom. The second-order valence-electron chi connectivity index (χ2n) is 18.6. The van der Waals surface area contributed by atoms with Gasteiger partial charge in [-0.15, -0.1) is 0 Å². The lowest BCUT2D eigenvalue weighted by Crippen LogP contribution is -2.29. The van der Waals surface area contributed by atoms with Crippen molar-refractivity contribution in [1.29, 1.82) is 0 Å². The van der Waals surface area contributed by atoms with Gasteiger partial charge in [0, 0.05) is 66.5 Å². The summed E-state index contributed by atoms with van der Waals surface area (Å²) in [6.07, 6.45) is 8.09. The largest absolute Gasteiger partial charge is 0.490 e. The predicted molar refractivity (Wildman–Crippen MR) is 273 cm³/mol. The van der Waals surface area contributed by atoms with Gasteiger partial charge in [0.15, 0.2) is 5.71 Å². The number of hydrogen-bond acceptors (Lipinski definition) is 17. The summed E-state index contributed by atoms with van der Waals surface area (Å²) in [6, 6.07) is 9.01. The van der Waals surface area contributed by atoms with Crippen LogP contribution in [0.4, 0.5) is 17.2 Å². The van der Waals surface area contributed by atoms with E-state index in [0.717, 1.165) is 32.9 Å². The van der Waals surface area contributed by atoms with Crippen LogP contribution in [-0.2, 0) is 67.4 Å². The number of benzene rings is 2. The number of allylic oxidation sites excluding steroid dienone is 6. The number of nitrogen functional groups attached to an aromatic ring is 1. The summed E-state index contributed by atoms with van der Waals surface area (Å²) in [4.78, 5) is 67.4. The lowest BCUT2D eigenvalue weighted by atomic mass is 9.81. The van der Waals surface area contributed by atoms with Crippen molar-refractivity contribution < 1.29 is 91.6 Å². The minimum Gasteiger partial charge on any atom is -0.390 e. The van der Waals surface area contributed by atoms with Crippen molar-refractivity contribution in [3.8, 4) is 11.8 Å². The average Bonchev–Trinajstić information content (AvgIpc) is 3.84. The number of nitrogens with one attached hydrogen (secondary N) is 1. The lowest BCUT2D eigenvalue weighted by molar-refractivity contribution is -0.438.